The molecule has 258 valence electrons. The summed E-state index contributed by atoms with van der Waals surface area (Å²) in [7, 11) is -1.17. The molecule has 2 amide bonds. The zero-order valence-corrected chi connectivity index (χ0v) is 27.5. The lowest BCUT2D eigenvalue weighted by molar-refractivity contribution is -0.151. The van der Waals surface area contributed by atoms with Crippen molar-refractivity contribution in [3.8, 4) is 17.0 Å². The Labute approximate surface area is 276 Å². The average Bonchev–Trinajstić information content (AvgIpc) is 3.02. The molecule has 1 atom stereocenters. The van der Waals surface area contributed by atoms with E-state index in [9.17, 15) is 37.8 Å². The first-order valence-corrected chi connectivity index (χ1v) is 15.8. The monoisotopic (exact) mass is 687 g/mol. The molecule has 0 spiro atoms. The number of carboxylic acid groups (broad SMARTS) is 1. The number of hydrogen-bond acceptors (Lipinski definition) is 11. The molecule has 0 fully saturated rings. The van der Waals surface area contributed by atoms with Crippen molar-refractivity contribution in [3.63, 3.8) is 0 Å². The second kappa shape index (κ2) is 16.4. The number of esters is 1. The maximum atomic E-state index is 13.3. The molecule has 2 aromatic carbocycles. The number of amides is 2. The fourth-order valence-electron chi connectivity index (χ4n) is 4.50. The molecule has 1 heterocycles. The van der Waals surface area contributed by atoms with E-state index in [2.05, 4.69) is 15.6 Å². The molecule has 1 aromatic heterocycles. The molecular weight excluding hydrogens is 650 g/mol. The Kier molecular flexibility index (Phi) is 13.3. The summed E-state index contributed by atoms with van der Waals surface area (Å²) >= 11 is 0. The minimum atomic E-state index is -3.67. The number of amidine groups is 1. The smallest absolute Gasteiger partial charge is 0.336 e. The number of anilines is 1. The number of hydrogen-bond donors (Lipinski definition) is 7. The van der Waals surface area contributed by atoms with Crippen LogP contribution in [-0.4, -0.2) is 90.4 Å². The first kappa shape index (κ1) is 38.8. The van der Waals surface area contributed by atoms with Gasteiger partial charge in [-0.25, -0.2) is 14.6 Å². The highest BCUT2D eigenvalue weighted by Gasteiger charge is 2.41. The van der Waals surface area contributed by atoms with Crippen molar-refractivity contribution in [1.82, 2.24) is 10.3 Å². The maximum Gasteiger partial charge on any atom is 0.336 e. The summed E-state index contributed by atoms with van der Waals surface area (Å²) in [5.41, 5.74) is 4.21. The first-order chi connectivity index (χ1) is 22.3. The number of methoxy groups -OCH3 is 2. The van der Waals surface area contributed by atoms with Crippen molar-refractivity contribution in [2.45, 2.75) is 25.8 Å². The molecule has 0 radical (unpaired) electrons. The van der Waals surface area contributed by atoms with Crippen LogP contribution in [-0.2, 0) is 19.6 Å². The number of nitrogens with one attached hydrogen (secondary N) is 3. The van der Waals surface area contributed by atoms with Gasteiger partial charge >= 0.3 is 11.9 Å². The summed E-state index contributed by atoms with van der Waals surface area (Å²) in [4.78, 5) is 55.8. The van der Waals surface area contributed by atoms with Gasteiger partial charge in [0, 0.05) is 28.4 Å². The van der Waals surface area contributed by atoms with Gasteiger partial charge in [-0.3, -0.25) is 19.6 Å². The summed E-state index contributed by atoms with van der Waals surface area (Å²) in [5, 5.41) is 32.8. The number of nitrogens with zero attached hydrogens (tertiary/aromatic N) is 1. The number of aliphatic hydroxyl groups is 1. The van der Waals surface area contributed by atoms with Crippen LogP contribution in [0.2, 0.25) is 0 Å². The largest absolute Gasteiger partial charge is 0.481 e. The first-order valence-electron chi connectivity index (χ1n) is 14.0. The van der Waals surface area contributed by atoms with E-state index in [0.29, 0.717) is 17.5 Å². The number of nitrogens with two attached hydrogens (primary N) is 1. The van der Waals surface area contributed by atoms with E-state index >= 15 is 0 Å². The minimum absolute atomic E-state index is 0.0687. The predicted octanol–water partition coefficient (Wildman–Crippen LogP) is 2.18. The molecule has 0 saturated heterocycles. The lowest BCUT2D eigenvalue weighted by Crippen LogP contribution is -2.58. The van der Waals surface area contributed by atoms with Gasteiger partial charge in [0.1, 0.15) is 11.5 Å². The average molecular weight is 688 g/mol. The van der Waals surface area contributed by atoms with Gasteiger partial charge in [-0.2, -0.15) is 8.42 Å². The molecule has 0 aliphatic carbocycles. The Hall–Kier alpha value is -5.39. The molecule has 16 nitrogen and oxygen atoms in total. The Balaban J connectivity index is 0.00000149. The number of carbonyl (C=O) groups excluding carboxylic acids is 3. The molecule has 0 saturated carbocycles. The van der Waals surface area contributed by atoms with E-state index in [1.807, 2.05) is 0 Å². The molecule has 3 aromatic rings. The number of nitrogen functional groups attached to an aromatic ring is 1. The van der Waals surface area contributed by atoms with Gasteiger partial charge in [0.05, 0.1) is 32.6 Å². The van der Waals surface area contributed by atoms with Crippen LogP contribution in [0.25, 0.3) is 11.1 Å². The fourth-order valence-corrected chi connectivity index (χ4v) is 4.50. The number of ether oxygens (including phenoxy) is 2. The number of carbonyl (C=O) groups is 4. The van der Waals surface area contributed by atoms with Crippen molar-refractivity contribution in [2.24, 2.45) is 11.7 Å². The van der Waals surface area contributed by atoms with Crippen LogP contribution in [0.15, 0.2) is 54.6 Å². The predicted molar refractivity (Wildman–Crippen MR) is 175 cm³/mol. The number of pyridine rings is 1. The summed E-state index contributed by atoms with van der Waals surface area (Å²) in [6.45, 7) is 2.87. The fraction of sp³-hybridized carbons (Fsp3) is 0.290. The summed E-state index contributed by atoms with van der Waals surface area (Å²) in [6.07, 6.45) is 0.784. The molecule has 1 unspecified atom stereocenters. The molecule has 0 bridgehead atoms. The Bertz CT molecular complexity index is 1790. The van der Waals surface area contributed by atoms with Gasteiger partial charge in [-0.05, 0) is 60.4 Å². The van der Waals surface area contributed by atoms with Gasteiger partial charge in [0.25, 0.3) is 21.9 Å². The molecule has 48 heavy (non-hydrogen) atoms. The van der Waals surface area contributed by atoms with Gasteiger partial charge in [0.2, 0.25) is 5.88 Å². The normalized spacial score (nSPS) is 12.1. The van der Waals surface area contributed by atoms with Gasteiger partial charge in [-0.1, -0.05) is 19.9 Å². The van der Waals surface area contributed by atoms with E-state index in [0.717, 1.165) is 13.2 Å². The van der Waals surface area contributed by atoms with Crippen molar-refractivity contribution < 1.29 is 51.8 Å². The van der Waals surface area contributed by atoms with Crippen molar-refractivity contribution in [2.75, 3.05) is 32.4 Å². The lowest BCUT2D eigenvalue weighted by Gasteiger charge is -2.31. The van der Waals surface area contributed by atoms with Crippen molar-refractivity contribution in [3.05, 3.63) is 77.0 Å². The third kappa shape index (κ3) is 10.6. The zero-order chi connectivity index (χ0) is 36.4. The van der Waals surface area contributed by atoms with E-state index < -0.39 is 46.0 Å². The van der Waals surface area contributed by atoms with Gasteiger partial charge < -0.3 is 36.1 Å². The van der Waals surface area contributed by atoms with Crippen LogP contribution in [0.3, 0.4) is 0 Å². The van der Waals surface area contributed by atoms with Crippen LogP contribution < -0.4 is 21.1 Å². The number of aliphatic hydroxyl groups excluding tert-OH is 1. The Morgan fingerprint density at radius 1 is 0.979 bits per heavy atom. The highest BCUT2D eigenvalue weighted by molar-refractivity contribution is 7.85. The molecule has 17 heteroatoms. The number of aromatic carboxylic acids is 1. The Morgan fingerprint density at radius 2 is 1.54 bits per heavy atom. The molecule has 8 N–H and O–H groups in total. The third-order valence-electron chi connectivity index (χ3n) is 6.51. The highest BCUT2D eigenvalue weighted by Crippen LogP contribution is 2.30. The maximum absolute atomic E-state index is 13.3. The Morgan fingerprint density at radius 3 is 2.02 bits per heavy atom. The standard InChI is InChI=1S/C30H33N5O8.CH4O3S/c1-16(2)14-30(15-36,29(41)43-4)35-26(37)18-7-10-20(22(13-18)28(39)40)21-11-12-23(42-3)34-24(21)27(38)33-19-8-5-17(6-9-19)25(31)32;1-5(2,3)4/h5-13,16,36H,14-15H2,1-4H3,(H3,31,32)(H,33,38)(H,35,37)(H,39,40);1H3,(H,2,3,4). The third-order valence-corrected chi connectivity index (χ3v) is 6.51. The van der Waals surface area contributed by atoms with E-state index in [1.165, 1.54) is 31.4 Å². The molecule has 0 aliphatic heterocycles. The molecular formula is C31H37N5O11S. The summed E-state index contributed by atoms with van der Waals surface area (Å²) < 4.78 is 35.9. The second-order valence-corrected chi connectivity index (χ2v) is 12.2. The number of rotatable bonds is 12. The van der Waals surface area contributed by atoms with Crippen LogP contribution in [0, 0.1) is 11.3 Å². The topological polar surface area (TPSA) is 268 Å². The van der Waals surface area contributed by atoms with Crippen molar-refractivity contribution >= 4 is 45.4 Å². The summed E-state index contributed by atoms with van der Waals surface area (Å²) in [6, 6.07) is 12.9. The van der Waals surface area contributed by atoms with Crippen LogP contribution >= 0.6 is 0 Å². The second-order valence-electron chi connectivity index (χ2n) is 10.8. The quantitative estimate of drug-likeness (QED) is 0.0623. The van der Waals surface area contributed by atoms with E-state index in [4.69, 9.17) is 25.2 Å². The van der Waals surface area contributed by atoms with E-state index in [-0.39, 0.29) is 52.0 Å². The number of benzene rings is 2. The zero-order valence-electron chi connectivity index (χ0n) is 26.7. The minimum Gasteiger partial charge on any atom is -0.481 e. The highest BCUT2D eigenvalue weighted by atomic mass is 32.2. The number of carboxylic acids is 1. The van der Waals surface area contributed by atoms with E-state index in [1.54, 1.807) is 38.1 Å². The van der Waals surface area contributed by atoms with Crippen LogP contribution in [0.1, 0.15) is 57.0 Å². The summed E-state index contributed by atoms with van der Waals surface area (Å²) in [5.74, 6) is -3.88. The van der Waals surface area contributed by atoms with Crippen LogP contribution in [0.5, 0.6) is 5.88 Å². The van der Waals surface area contributed by atoms with Crippen molar-refractivity contribution in [1.29, 1.82) is 5.41 Å². The molecule has 3 rings (SSSR count). The molecule has 0 aliphatic rings. The van der Waals surface area contributed by atoms with Crippen LogP contribution in [0.4, 0.5) is 5.69 Å². The SMILES string of the molecule is COC(=O)C(CO)(CC(C)C)NC(=O)c1ccc(-c2ccc(OC)nc2C(=O)Nc2ccc(C(=N)N)cc2)c(C(=O)O)c1.CS(=O)(=O)O. The van der Waals surface area contributed by atoms with Gasteiger partial charge in [0.15, 0.2) is 5.54 Å². The lowest BCUT2D eigenvalue weighted by atomic mass is 9.88. The number of aromatic nitrogens is 1. The van der Waals surface area contributed by atoms with Gasteiger partial charge in [-0.15, -0.1) is 0 Å².